The number of carbonyl (C=O) groups is 2. The third-order valence-corrected chi connectivity index (χ3v) is 10.7. The standard InChI is InChI=1S/C29H46O4/c1-18(2)7-6-8-19(3)23-11-12-24-22-10-9-20-17-21(33-27(32)26(30)31)13-15-28(20,4)25(22)14-16-29(23,24)5/h9,18-19,21-25H,6-8,10-17H2,1-5H3,(H,30,31)/t19-,21+,22+,23?,24+,25?,28+,29-/m1/s1. The van der Waals surface area contributed by atoms with Crippen LogP contribution in [0.4, 0.5) is 0 Å². The molecule has 0 aromatic carbocycles. The second kappa shape index (κ2) is 9.38. The average molecular weight is 459 g/mol. The van der Waals surface area contributed by atoms with E-state index in [-0.39, 0.29) is 11.5 Å². The Morgan fingerprint density at radius 3 is 2.52 bits per heavy atom. The maximum atomic E-state index is 11.6. The summed E-state index contributed by atoms with van der Waals surface area (Å²) in [5.74, 6) is 2.27. The third kappa shape index (κ3) is 4.52. The molecule has 8 atom stereocenters. The Morgan fingerprint density at radius 2 is 1.82 bits per heavy atom. The van der Waals surface area contributed by atoms with Crippen LogP contribution in [0.3, 0.4) is 0 Å². The Kier molecular flexibility index (Phi) is 7.05. The summed E-state index contributed by atoms with van der Waals surface area (Å²) in [6, 6.07) is 0. The molecule has 0 heterocycles. The van der Waals surface area contributed by atoms with Gasteiger partial charge in [0.2, 0.25) is 0 Å². The molecular weight excluding hydrogens is 412 g/mol. The lowest BCUT2D eigenvalue weighted by Gasteiger charge is -2.58. The van der Waals surface area contributed by atoms with Gasteiger partial charge in [-0.15, -0.1) is 0 Å². The van der Waals surface area contributed by atoms with Crippen LogP contribution >= 0.6 is 0 Å². The number of hydrogen-bond acceptors (Lipinski definition) is 3. The average Bonchev–Trinajstić information content (AvgIpc) is 3.11. The molecule has 3 fully saturated rings. The summed E-state index contributed by atoms with van der Waals surface area (Å²) < 4.78 is 5.28. The number of esters is 1. The lowest BCUT2D eigenvalue weighted by atomic mass is 9.47. The highest BCUT2D eigenvalue weighted by Crippen LogP contribution is 2.67. The van der Waals surface area contributed by atoms with Crippen molar-refractivity contribution in [2.24, 2.45) is 46.3 Å². The normalized spacial score (nSPS) is 40.9. The zero-order chi connectivity index (χ0) is 24.0. The molecule has 0 amide bonds. The summed E-state index contributed by atoms with van der Waals surface area (Å²) in [4.78, 5) is 22.5. The minimum atomic E-state index is -1.48. The first-order chi connectivity index (χ1) is 15.6. The van der Waals surface area contributed by atoms with Crippen molar-refractivity contribution in [1.29, 1.82) is 0 Å². The van der Waals surface area contributed by atoms with Crippen molar-refractivity contribution >= 4 is 11.9 Å². The quantitative estimate of drug-likeness (QED) is 0.264. The van der Waals surface area contributed by atoms with Gasteiger partial charge in [-0.05, 0) is 91.3 Å². The van der Waals surface area contributed by atoms with Gasteiger partial charge >= 0.3 is 11.9 Å². The molecule has 0 bridgehead atoms. The molecular formula is C29H46O4. The zero-order valence-corrected chi connectivity index (χ0v) is 21.6. The molecule has 33 heavy (non-hydrogen) atoms. The van der Waals surface area contributed by atoms with Crippen LogP contribution in [-0.2, 0) is 14.3 Å². The summed E-state index contributed by atoms with van der Waals surface area (Å²) in [6.45, 7) is 12.3. The van der Waals surface area contributed by atoms with Crippen molar-refractivity contribution in [1.82, 2.24) is 0 Å². The van der Waals surface area contributed by atoms with E-state index in [1.807, 2.05) is 0 Å². The van der Waals surface area contributed by atoms with Gasteiger partial charge in [-0.3, -0.25) is 0 Å². The van der Waals surface area contributed by atoms with E-state index in [4.69, 9.17) is 9.84 Å². The predicted molar refractivity (Wildman–Crippen MR) is 131 cm³/mol. The molecule has 4 heteroatoms. The zero-order valence-electron chi connectivity index (χ0n) is 21.6. The first-order valence-electron chi connectivity index (χ1n) is 13.7. The SMILES string of the molecule is CC(C)CCC[C@@H](C)C1CC[C@H]2[C@@H]3CC=C4C[C@@H](OC(=O)C(=O)O)CC[C@]4(C)C3CC[C@]12C. The number of allylic oxidation sites excluding steroid dienone is 1. The molecule has 0 radical (unpaired) electrons. The second-order valence-corrected chi connectivity index (χ2v) is 12.9. The summed E-state index contributed by atoms with van der Waals surface area (Å²) in [5.41, 5.74) is 2.12. The number of rotatable bonds is 6. The van der Waals surface area contributed by atoms with Gasteiger partial charge in [0.05, 0.1) is 0 Å². The van der Waals surface area contributed by atoms with Crippen molar-refractivity contribution in [2.75, 3.05) is 0 Å². The molecule has 4 rings (SSSR count). The molecule has 2 unspecified atom stereocenters. The molecule has 0 aliphatic heterocycles. The van der Waals surface area contributed by atoms with Crippen LogP contribution in [0.2, 0.25) is 0 Å². The number of ether oxygens (including phenoxy) is 1. The summed E-state index contributed by atoms with van der Waals surface area (Å²) >= 11 is 0. The first kappa shape index (κ1) is 24.8. The fourth-order valence-corrected chi connectivity index (χ4v) is 8.95. The molecule has 3 saturated carbocycles. The van der Waals surface area contributed by atoms with Gasteiger partial charge in [0.25, 0.3) is 0 Å². The van der Waals surface area contributed by atoms with Gasteiger partial charge in [-0.1, -0.05) is 65.5 Å². The molecule has 0 aromatic rings. The number of carboxylic acid groups (broad SMARTS) is 1. The maximum Gasteiger partial charge on any atom is 0.417 e. The monoisotopic (exact) mass is 458 g/mol. The van der Waals surface area contributed by atoms with Crippen molar-refractivity contribution in [3.05, 3.63) is 11.6 Å². The molecule has 4 aliphatic carbocycles. The maximum absolute atomic E-state index is 11.6. The van der Waals surface area contributed by atoms with Gasteiger partial charge in [0.15, 0.2) is 0 Å². The summed E-state index contributed by atoms with van der Waals surface area (Å²) in [6.07, 6.45) is 15.5. The Balaban J connectivity index is 1.45. The highest BCUT2D eigenvalue weighted by Gasteiger charge is 2.59. The van der Waals surface area contributed by atoms with Gasteiger partial charge in [0.1, 0.15) is 6.10 Å². The summed E-state index contributed by atoms with van der Waals surface area (Å²) in [5, 5.41) is 8.90. The fourth-order valence-electron chi connectivity index (χ4n) is 8.95. The number of carboxylic acids is 1. The van der Waals surface area contributed by atoms with Crippen molar-refractivity contribution < 1.29 is 19.4 Å². The van der Waals surface area contributed by atoms with E-state index < -0.39 is 11.9 Å². The first-order valence-corrected chi connectivity index (χ1v) is 13.7. The Bertz CT molecular complexity index is 784. The van der Waals surface area contributed by atoms with E-state index in [0.717, 1.165) is 61.2 Å². The number of aliphatic carboxylic acids is 1. The number of hydrogen-bond donors (Lipinski definition) is 1. The molecule has 1 N–H and O–H groups in total. The van der Waals surface area contributed by atoms with Gasteiger partial charge < -0.3 is 9.84 Å². The molecule has 0 spiro atoms. The lowest BCUT2D eigenvalue weighted by molar-refractivity contribution is -0.168. The predicted octanol–water partition coefficient (Wildman–Crippen LogP) is 7.02. The molecule has 4 nitrogen and oxygen atoms in total. The van der Waals surface area contributed by atoms with Crippen molar-refractivity contribution in [3.63, 3.8) is 0 Å². The summed E-state index contributed by atoms with van der Waals surface area (Å²) in [7, 11) is 0. The number of carbonyl (C=O) groups excluding carboxylic acids is 1. The van der Waals surface area contributed by atoms with Gasteiger partial charge in [0, 0.05) is 6.42 Å². The Hall–Kier alpha value is -1.32. The Morgan fingerprint density at radius 1 is 1.06 bits per heavy atom. The van der Waals surface area contributed by atoms with Crippen molar-refractivity contribution in [3.8, 4) is 0 Å². The van der Waals surface area contributed by atoms with Gasteiger partial charge in [-0.25, -0.2) is 9.59 Å². The minimum Gasteiger partial charge on any atom is -0.473 e. The topological polar surface area (TPSA) is 63.6 Å². The van der Waals surface area contributed by atoms with Crippen LogP contribution in [0.15, 0.2) is 11.6 Å². The van der Waals surface area contributed by atoms with Crippen LogP contribution in [0.1, 0.15) is 105 Å². The smallest absolute Gasteiger partial charge is 0.417 e. The Labute approximate surface area is 200 Å². The molecule has 186 valence electrons. The highest BCUT2D eigenvalue weighted by atomic mass is 16.6. The van der Waals surface area contributed by atoms with Crippen LogP contribution in [0.5, 0.6) is 0 Å². The minimum absolute atomic E-state index is 0.192. The van der Waals surface area contributed by atoms with Gasteiger partial charge in [-0.2, -0.15) is 0 Å². The largest absolute Gasteiger partial charge is 0.473 e. The van der Waals surface area contributed by atoms with Crippen LogP contribution in [0.25, 0.3) is 0 Å². The third-order valence-electron chi connectivity index (χ3n) is 10.7. The molecule has 0 aromatic heterocycles. The number of fused-ring (bicyclic) bond motifs is 5. The van der Waals surface area contributed by atoms with Crippen LogP contribution in [0, 0.1) is 46.3 Å². The van der Waals surface area contributed by atoms with Crippen LogP contribution in [-0.4, -0.2) is 23.1 Å². The van der Waals surface area contributed by atoms with E-state index in [2.05, 4.69) is 40.7 Å². The van der Waals surface area contributed by atoms with Crippen molar-refractivity contribution in [2.45, 2.75) is 111 Å². The van der Waals surface area contributed by atoms with E-state index >= 15 is 0 Å². The fraction of sp³-hybridized carbons (Fsp3) is 0.862. The van der Waals surface area contributed by atoms with E-state index in [0.29, 0.717) is 5.41 Å². The molecule has 0 saturated heterocycles. The lowest BCUT2D eigenvalue weighted by Crippen LogP contribution is -2.51. The van der Waals surface area contributed by atoms with Crippen LogP contribution < -0.4 is 0 Å². The van der Waals surface area contributed by atoms with E-state index in [9.17, 15) is 9.59 Å². The second-order valence-electron chi connectivity index (χ2n) is 12.9. The molecule has 4 aliphatic rings. The van der Waals surface area contributed by atoms with E-state index in [1.54, 1.807) is 0 Å². The van der Waals surface area contributed by atoms with E-state index in [1.165, 1.54) is 50.5 Å². The highest BCUT2D eigenvalue weighted by molar-refractivity contribution is 6.28.